The Balaban J connectivity index is 1.69. The highest BCUT2D eigenvalue weighted by atomic mass is 16.5. The molecule has 1 aromatic heterocycles. The van der Waals surface area contributed by atoms with Crippen molar-refractivity contribution in [1.29, 1.82) is 0 Å². The molecule has 25 heavy (non-hydrogen) atoms. The predicted molar refractivity (Wildman–Crippen MR) is 92.9 cm³/mol. The molecule has 3 rings (SSSR count). The Bertz CT molecular complexity index is 630. The summed E-state index contributed by atoms with van der Waals surface area (Å²) < 4.78 is 6.92. The van der Waals surface area contributed by atoms with Gasteiger partial charge in [-0.3, -0.25) is 14.3 Å². The average Bonchev–Trinajstić information content (AvgIpc) is 3.21. The topological polar surface area (TPSA) is 67.7 Å². The fourth-order valence-electron chi connectivity index (χ4n) is 4.22. The number of aromatic nitrogens is 2. The zero-order valence-corrected chi connectivity index (χ0v) is 15.2. The summed E-state index contributed by atoms with van der Waals surface area (Å²) in [4.78, 5) is 29.8. The molecule has 7 heteroatoms. The number of carbonyl (C=O) groups is 2. The fourth-order valence-corrected chi connectivity index (χ4v) is 4.22. The number of hydrogen-bond acceptors (Lipinski definition) is 4. The molecule has 1 unspecified atom stereocenters. The number of aryl methyl sites for hydroxylation is 2. The summed E-state index contributed by atoms with van der Waals surface area (Å²) >= 11 is 0. The van der Waals surface area contributed by atoms with Crippen LogP contribution in [-0.4, -0.2) is 70.3 Å². The zero-order valence-electron chi connectivity index (χ0n) is 15.2. The molecule has 0 saturated carbocycles. The van der Waals surface area contributed by atoms with Crippen LogP contribution in [-0.2, 0) is 27.8 Å². The third kappa shape index (κ3) is 3.42. The lowest BCUT2D eigenvalue weighted by Crippen LogP contribution is -2.61. The molecular weight excluding hydrogens is 320 g/mol. The van der Waals surface area contributed by atoms with Crippen LogP contribution in [0.4, 0.5) is 0 Å². The van der Waals surface area contributed by atoms with Crippen molar-refractivity contribution in [2.24, 2.45) is 7.05 Å². The van der Waals surface area contributed by atoms with Gasteiger partial charge in [0.25, 0.3) is 0 Å². The molecule has 0 aromatic carbocycles. The van der Waals surface area contributed by atoms with E-state index in [-0.39, 0.29) is 11.8 Å². The molecule has 0 radical (unpaired) electrons. The maximum absolute atomic E-state index is 13.1. The van der Waals surface area contributed by atoms with Crippen LogP contribution < -0.4 is 0 Å². The number of piperidine rings is 1. The standard InChI is InChI=1S/C18H28N4O3/c1-20-15(7-10-19-20)5-6-16(23)22-12-4-9-18(22)8-3-11-21(17(18)24)13-14-25-2/h7,10H,3-6,8-9,11-14H2,1-2H3. The first-order valence-corrected chi connectivity index (χ1v) is 9.14. The predicted octanol–water partition coefficient (Wildman–Crippen LogP) is 0.983. The van der Waals surface area contributed by atoms with Gasteiger partial charge >= 0.3 is 0 Å². The Morgan fingerprint density at radius 3 is 2.76 bits per heavy atom. The second-order valence-corrected chi connectivity index (χ2v) is 7.02. The molecule has 3 heterocycles. The largest absolute Gasteiger partial charge is 0.383 e. The summed E-state index contributed by atoms with van der Waals surface area (Å²) in [5.74, 6) is 0.197. The number of nitrogens with zero attached hydrogens (tertiary/aromatic N) is 4. The smallest absolute Gasteiger partial charge is 0.248 e. The first-order chi connectivity index (χ1) is 12.1. The van der Waals surface area contributed by atoms with Crippen LogP contribution in [0, 0.1) is 0 Å². The maximum Gasteiger partial charge on any atom is 0.248 e. The Hall–Kier alpha value is -1.89. The van der Waals surface area contributed by atoms with Crippen molar-refractivity contribution in [3.8, 4) is 0 Å². The Kier molecular flexibility index (Phi) is 5.42. The quantitative estimate of drug-likeness (QED) is 0.769. The van der Waals surface area contributed by atoms with Crippen LogP contribution in [0.1, 0.15) is 37.8 Å². The lowest BCUT2D eigenvalue weighted by molar-refractivity contribution is -0.155. The summed E-state index contributed by atoms with van der Waals surface area (Å²) in [5, 5.41) is 4.15. The van der Waals surface area contributed by atoms with E-state index in [4.69, 9.17) is 4.74 Å². The average molecular weight is 348 g/mol. The van der Waals surface area contributed by atoms with Gasteiger partial charge in [0, 0.05) is 52.1 Å². The Labute approximate surface area is 148 Å². The van der Waals surface area contributed by atoms with Crippen LogP contribution in [0.2, 0.25) is 0 Å². The van der Waals surface area contributed by atoms with Gasteiger partial charge in [0.05, 0.1) is 6.61 Å². The van der Waals surface area contributed by atoms with Crippen molar-refractivity contribution in [2.45, 2.75) is 44.1 Å². The van der Waals surface area contributed by atoms with Crippen molar-refractivity contribution < 1.29 is 14.3 Å². The minimum absolute atomic E-state index is 0.0839. The van der Waals surface area contributed by atoms with Crippen molar-refractivity contribution >= 4 is 11.8 Å². The van der Waals surface area contributed by atoms with Gasteiger partial charge in [-0.25, -0.2) is 0 Å². The Morgan fingerprint density at radius 2 is 2.08 bits per heavy atom. The van der Waals surface area contributed by atoms with Crippen LogP contribution in [0.15, 0.2) is 12.3 Å². The summed E-state index contributed by atoms with van der Waals surface area (Å²) in [5.41, 5.74) is 0.425. The molecule has 2 fully saturated rings. The third-order valence-corrected chi connectivity index (χ3v) is 5.58. The third-order valence-electron chi connectivity index (χ3n) is 5.58. The molecule has 2 saturated heterocycles. The molecule has 1 spiro atoms. The van der Waals surface area contributed by atoms with Crippen molar-refractivity contribution in [3.63, 3.8) is 0 Å². The van der Waals surface area contributed by atoms with Crippen molar-refractivity contribution in [1.82, 2.24) is 19.6 Å². The molecule has 0 aliphatic carbocycles. The van der Waals surface area contributed by atoms with E-state index >= 15 is 0 Å². The molecule has 2 aliphatic rings. The van der Waals surface area contributed by atoms with E-state index in [2.05, 4.69) is 5.10 Å². The minimum atomic E-state index is -0.616. The van der Waals surface area contributed by atoms with Gasteiger partial charge < -0.3 is 14.5 Å². The molecule has 138 valence electrons. The van der Waals surface area contributed by atoms with E-state index < -0.39 is 5.54 Å². The van der Waals surface area contributed by atoms with Crippen LogP contribution >= 0.6 is 0 Å². The number of ether oxygens (including phenoxy) is 1. The van der Waals surface area contributed by atoms with Gasteiger partial charge in [0.15, 0.2) is 0 Å². The van der Waals surface area contributed by atoms with E-state index in [1.165, 1.54) is 0 Å². The van der Waals surface area contributed by atoms with Gasteiger partial charge in [0.1, 0.15) is 5.54 Å². The second-order valence-electron chi connectivity index (χ2n) is 7.02. The van der Waals surface area contributed by atoms with Gasteiger partial charge in [-0.2, -0.15) is 5.10 Å². The number of rotatable bonds is 6. The minimum Gasteiger partial charge on any atom is -0.383 e. The summed E-state index contributed by atoms with van der Waals surface area (Å²) in [7, 11) is 3.53. The lowest BCUT2D eigenvalue weighted by atomic mass is 9.85. The highest BCUT2D eigenvalue weighted by Gasteiger charge is 2.52. The second kappa shape index (κ2) is 7.56. The van der Waals surface area contributed by atoms with Crippen LogP contribution in [0.25, 0.3) is 0 Å². The van der Waals surface area contributed by atoms with E-state index in [1.807, 2.05) is 22.9 Å². The molecule has 7 nitrogen and oxygen atoms in total. The van der Waals surface area contributed by atoms with E-state index in [0.717, 1.165) is 37.9 Å². The highest BCUT2D eigenvalue weighted by Crippen LogP contribution is 2.38. The highest BCUT2D eigenvalue weighted by molar-refractivity contribution is 5.92. The molecule has 0 bridgehead atoms. The molecule has 2 amide bonds. The van der Waals surface area contributed by atoms with Gasteiger partial charge in [-0.15, -0.1) is 0 Å². The van der Waals surface area contributed by atoms with Crippen molar-refractivity contribution in [3.05, 3.63) is 18.0 Å². The Morgan fingerprint density at radius 1 is 1.32 bits per heavy atom. The monoisotopic (exact) mass is 348 g/mol. The fraction of sp³-hybridized carbons (Fsp3) is 0.722. The SMILES string of the molecule is COCCN1CCCC2(CCCN2C(=O)CCc2ccnn2C)C1=O. The van der Waals surface area contributed by atoms with Gasteiger partial charge in [0.2, 0.25) is 11.8 Å². The molecule has 1 aromatic rings. The number of likely N-dealkylation sites (tertiary alicyclic amines) is 2. The van der Waals surface area contributed by atoms with Crippen LogP contribution in [0.5, 0.6) is 0 Å². The number of carbonyl (C=O) groups excluding carboxylic acids is 2. The number of amides is 2. The van der Waals surface area contributed by atoms with Crippen molar-refractivity contribution in [2.75, 3.05) is 33.4 Å². The van der Waals surface area contributed by atoms with E-state index in [9.17, 15) is 9.59 Å². The maximum atomic E-state index is 13.1. The number of methoxy groups -OCH3 is 1. The summed E-state index contributed by atoms with van der Waals surface area (Å²) in [6.07, 6.45) is 6.24. The lowest BCUT2D eigenvalue weighted by Gasteiger charge is -2.44. The van der Waals surface area contributed by atoms with E-state index in [1.54, 1.807) is 18.0 Å². The van der Waals surface area contributed by atoms with Gasteiger partial charge in [-0.05, 0) is 38.2 Å². The zero-order chi connectivity index (χ0) is 17.9. The molecule has 1 atom stereocenters. The number of hydrogen-bond donors (Lipinski definition) is 0. The molecular formula is C18H28N4O3. The van der Waals surface area contributed by atoms with Crippen LogP contribution in [0.3, 0.4) is 0 Å². The van der Waals surface area contributed by atoms with Gasteiger partial charge in [-0.1, -0.05) is 0 Å². The molecule has 2 aliphatic heterocycles. The summed E-state index contributed by atoms with van der Waals surface area (Å²) in [6, 6.07) is 1.94. The normalized spacial score (nSPS) is 23.7. The molecule has 0 N–H and O–H groups in total. The first kappa shape index (κ1) is 17.9. The first-order valence-electron chi connectivity index (χ1n) is 9.14. The summed E-state index contributed by atoms with van der Waals surface area (Å²) in [6.45, 7) is 2.60. The van der Waals surface area contributed by atoms with E-state index in [0.29, 0.717) is 32.5 Å².